The van der Waals surface area contributed by atoms with Crippen LogP contribution in [0.1, 0.15) is 28.4 Å². The van der Waals surface area contributed by atoms with E-state index in [-0.39, 0.29) is 10.3 Å². The van der Waals surface area contributed by atoms with Gasteiger partial charge in [0.05, 0.1) is 5.39 Å². The summed E-state index contributed by atoms with van der Waals surface area (Å²) in [5.41, 5.74) is 3.95. The molecule has 0 bridgehead atoms. The highest BCUT2D eigenvalue weighted by molar-refractivity contribution is 9.09. The fourth-order valence-electron chi connectivity index (χ4n) is 3.18. The molecule has 1 atom stereocenters. The van der Waals surface area contributed by atoms with Gasteiger partial charge in [-0.25, -0.2) is 0 Å². The van der Waals surface area contributed by atoms with E-state index in [0.29, 0.717) is 21.9 Å². The van der Waals surface area contributed by atoms with E-state index in [0.717, 1.165) is 18.7 Å². The summed E-state index contributed by atoms with van der Waals surface area (Å²) < 4.78 is 6.14. The van der Waals surface area contributed by atoms with Crippen molar-refractivity contribution in [2.45, 2.75) is 24.8 Å². The van der Waals surface area contributed by atoms with Crippen LogP contribution in [0.5, 0.6) is 0 Å². The van der Waals surface area contributed by atoms with Crippen molar-refractivity contribution in [1.82, 2.24) is 0 Å². The first-order valence-electron chi connectivity index (χ1n) is 7.76. The number of anilines is 1. The van der Waals surface area contributed by atoms with Gasteiger partial charge in [-0.05, 0) is 30.2 Å². The number of benzene rings is 2. The van der Waals surface area contributed by atoms with Crippen LogP contribution in [-0.2, 0) is 13.1 Å². The summed E-state index contributed by atoms with van der Waals surface area (Å²) in [5.74, 6) is 0.598. The molecule has 0 fully saturated rings. The fourth-order valence-corrected chi connectivity index (χ4v) is 3.74. The summed E-state index contributed by atoms with van der Waals surface area (Å²) in [4.78, 5) is 14.7. The Morgan fingerprint density at radius 2 is 1.83 bits per heavy atom. The van der Waals surface area contributed by atoms with E-state index in [1.54, 1.807) is 12.1 Å². The molecule has 0 spiro atoms. The molecule has 1 aliphatic heterocycles. The number of halogens is 2. The predicted molar refractivity (Wildman–Crippen MR) is 101 cm³/mol. The van der Waals surface area contributed by atoms with Crippen LogP contribution in [0.4, 0.5) is 5.88 Å². The lowest BCUT2D eigenvalue weighted by Gasteiger charge is -2.17. The fraction of sp³-hybridized carbons (Fsp3) is 0.211. The molecule has 0 amide bonds. The van der Waals surface area contributed by atoms with Gasteiger partial charge in [0.2, 0.25) is 5.88 Å². The second kappa shape index (κ2) is 5.94. The summed E-state index contributed by atoms with van der Waals surface area (Å²) in [6.45, 7) is 3.48. The van der Waals surface area contributed by atoms with E-state index in [2.05, 4.69) is 33.0 Å². The zero-order valence-corrected chi connectivity index (χ0v) is 15.4. The molecule has 0 radical (unpaired) electrons. The molecule has 3 nitrogen and oxygen atoms in total. The lowest BCUT2D eigenvalue weighted by atomic mass is 10.1. The highest BCUT2D eigenvalue weighted by Crippen LogP contribution is 2.35. The van der Waals surface area contributed by atoms with Gasteiger partial charge in [0.25, 0.3) is 0 Å². The third-order valence-electron chi connectivity index (χ3n) is 4.39. The molecule has 1 aromatic heterocycles. The first-order chi connectivity index (χ1) is 11.5. The van der Waals surface area contributed by atoms with Crippen molar-refractivity contribution in [3.8, 4) is 0 Å². The Morgan fingerprint density at radius 3 is 2.46 bits per heavy atom. The minimum absolute atomic E-state index is 0.0351. The average molecular weight is 405 g/mol. The Bertz CT molecular complexity index is 971. The second-order valence-corrected chi connectivity index (χ2v) is 7.87. The van der Waals surface area contributed by atoms with Crippen molar-refractivity contribution in [2.75, 3.05) is 4.90 Å². The van der Waals surface area contributed by atoms with E-state index < -0.39 is 0 Å². The number of nitrogens with zero attached hydrogens (tertiary/aromatic N) is 1. The maximum atomic E-state index is 12.6. The van der Waals surface area contributed by atoms with Gasteiger partial charge in [-0.2, -0.15) is 0 Å². The molecular weight excluding hydrogens is 390 g/mol. The van der Waals surface area contributed by atoms with Crippen LogP contribution >= 0.6 is 27.5 Å². The van der Waals surface area contributed by atoms with Crippen LogP contribution in [0.2, 0.25) is 5.02 Å². The third kappa shape index (κ3) is 2.64. The number of alkyl halides is 1. The molecular formula is C19H15BrClNO2. The van der Waals surface area contributed by atoms with Crippen LogP contribution in [-0.4, -0.2) is 0 Å². The van der Waals surface area contributed by atoms with Crippen LogP contribution in [0.15, 0.2) is 51.7 Å². The number of rotatable bonds is 2. The van der Waals surface area contributed by atoms with Gasteiger partial charge >= 0.3 is 0 Å². The standard InChI is InChI=1S/C19H15BrClNO2/c1-11(20)15-6-14(21)7-16-17(23)8-18(24-19(15)16)22-9-12-4-2-3-5-13(12)10-22/h2-8,11H,9-10H2,1H3. The summed E-state index contributed by atoms with van der Waals surface area (Å²) in [6.07, 6.45) is 0. The topological polar surface area (TPSA) is 33.5 Å². The molecule has 0 saturated heterocycles. The maximum Gasteiger partial charge on any atom is 0.200 e. The zero-order chi connectivity index (χ0) is 16.8. The molecule has 0 saturated carbocycles. The van der Waals surface area contributed by atoms with Crippen LogP contribution in [0, 0.1) is 0 Å². The minimum Gasteiger partial charge on any atom is -0.440 e. The van der Waals surface area contributed by atoms with Crippen LogP contribution in [0.25, 0.3) is 11.0 Å². The van der Waals surface area contributed by atoms with Crippen LogP contribution < -0.4 is 10.3 Å². The first kappa shape index (κ1) is 15.7. The Labute approximate surface area is 153 Å². The minimum atomic E-state index is -0.0703. The normalized spacial score (nSPS) is 14.9. The molecule has 0 aliphatic carbocycles. The van der Waals surface area contributed by atoms with E-state index in [1.807, 2.05) is 25.1 Å². The van der Waals surface area contributed by atoms with Crippen LogP contribution in [0.3, 0.4) is 0 Å². The van der Waals surface area contributed by atoms with Crippen molar-refractivity contribution >= 4 is 44.4 Å². The van der Waals surface area contributed by atoms with Gasteiger partial charge in [0.15, 0.2) is 5.43 Å². The second-order valence-electron chi connectivity index (χ2n) is 6.06. The van der Waals surface area contributed by atoms with Crippen molar-refractivity contribution in [3.05, 3.63) is 74.4 Å². The number of hydrogen-bond acceptors (Lipinski definition) is 3. The van der Waals surface area contributed by atoms with E-state index >= 15 is 0 Å². The summed E-state index contributed by atoms with van der Waals surface area (Å²) in [6, 6.07) is 13.4. The molecule has 5 heteroatoms. The first-order valence-corrected chi connectivity index (χ1v) is 9.05. The lowest BCUT2D eigenvalue weighted by molar-refractivity contribution is 0.572. The van der Waals surface area contributed by atoms with E-state index in [9.17, 15) is 4.79 Å². The lowest BCUT2D eigenvalue weighted by Crippen LogP contribution is -2.17. The van der Waals surface area contributed by atoms with Gasteiger partial charge in [-0.15, -0.1) is 0 Å². The molecule has 2 heterocycles. The summed E-state index contributed by atoms with van der Waals surface area (Å²) in [7, 11) is 0. The number of hydrogen-bond donors (Lipinski definition) is 0. The highest BCUT2D eigenvalue weighted by Gasteiger charge is 2.22. The third-order valence-corrected chi connectivity index (χ3v) is 5.10. The van der Waals surface area contributed by atoms with Gasteiger partial charge in [0, 0.05) is 34.6 Å². The number of fused-ring (bicyclic) bond motifs is 2. The van der Waals surface area contributed by atoms with Crippen molar-refractivity contribution in [2.24, 2.45) is 0 Å². The Balaban J connectivity index is 1.85. The van der Waals surface area contributed by atoms with Gasteiger partial charge in [-0.1, -0.05) is 51.8 Å². The van der Waals surface area contributed by atoms with E-state index in [1.165, 1.54) is 11.1 Å². The molecule has 1 unspecified atom stereocenters. The molecule has 2 aromatic carbocycles. The highest BCUT2D eigenvalue weighted by atomic mass is 79.9. The molecule has 24 heavy (non-hydrogen) atoms. The summed E-state index contributed by atoms with van der Waals surface area (Å²) >= 11 is 9.72. The van der Waals surface area contributed by atoms with Crippen molar-refractivity contribution < 1.29 is 4.42 Å². The molecule has 1 aliphatic rings. The largest absolute Gasteiger partial charge is 0.440 e. The van der Waals surface area contributed by atoms with Gasteiger partial charge in [-0.3, -0.25) is 4.79 Å². The molecule has 4 rings (SSSR count). The smallest absolute Gasteiger partial charge is 0.200 e. The predicted octanol–water partition coefficient (Wildman–Crippen LogP) is 5.42. The quantitative estimate of drug-likeness (QED) is 0.535. The van der Waals surface area contributed by atoms with Crippen molar-refractivity contribution in [1.29, 1.82) is 0 Å². The Morgan fingerprint density at radius 1 is 1.17 bits per heavy atom. The monoisotopic (exact) mass is 403 g/mol. The van der Waals surface area contributed by atoms with Crippen molar-refractivity contribution in [3.63, 3.8) is 0 Å². The molecule has 122 valence electrons. The molecule has 0 N–H and O–H groups in total. The van der Waals surface area contributed by atoms with Gasteiger partial charge in [0.1, 0.15) is 5.58 Å². The Kier molecular flexibility index (Phi) is 3.89. The Hall–Kier alpha value is -1.78. The molecule has 3 aromatic rings. The zero-order valence-electron chi connectivity index (χ0n) is 13.1. The maximum absolute atomic E-state index is 12.6. The van der Waals surface area contributed by atoms with E-state index in [4.69, 9.17) is 16.0 Å². The SMILES string of the molecule is CC(Br)c1cc(Cl)cc2c(=O)cc(N3Cc4ccccc4C3)oc12. The average Bonchev–Trinajstić information content (AvgIpc) is 2.98. The van der Waals surface area contributed by atoms with Gasteiger partial charge < -0.3 is 9.32 Å². The summed E-state index contributed by atoms with van der Waals surface area (Å²) in [5, 5.41) is 1.06.